The summed E-state index contributed by atoms with van der Waals surface area (Å²) in [7, 11) is 3.50. The number of benzene rings is 1. The number of para-hydroxylation sites is 2. The zero-order valence-electron chi connectivity index (χ0n) is 10.9. The first-order chi connectivity index (χ1) is 8.76. The van der Waals surface area contributed by atoms with E-state index in [9.17, 15) is 4.79 Å². The summed E-state index contributed by atoms with van der Waals surface area (Å²) in [5.74, 6) is 0.711. The van der Waals surface area contributed by atoms with Crippen molar-refractivity contribution >= 4 is 41.0 Å². The fourth-order valence-electron chi connectivity index (χ4n) is 1.89. The number of aliphatic imine (C=N–C) groups is 1. The van der Waals surface area contributed by atoms with Gasteiger partial charge in [-0.3, -0.25) is 9.56 Å². The molecule has 6 nitrogen and oxygen atoms in total. The van der Waals surface area contributed by atoms with Gasteiger partial charge >= 0.3 is 5.69 Å². The van der Waals surface area contributed by atoms with Crippen LogP contribution in [0.25, 0.3) is 11.0 Å². The first-order valence-corrected chi connectivity index (χ1v) is 5.82. The molecule has 0 saturated heterocycles. The van der Waals surface area contributed by atoms with Crippen molar-refractivity contribution in [2.75, 3.05) is 20.6 Å². The lowest BCUT2D eigenvalue weighted by atomic mass is 10.3. The van der Waals surface area contributed by atoms with Crippen molar-refractivity contribution in [1.29, 1.82) is 0 Å². The lowest BCUT2D eigenvalue weighted by Gasteiger charge is -2.08. The Morgan fingerprint density at radius 3 is 2.84 bits per heavy atom. The van der Waals surface area contributed by atoms with Gasteiger partial charge in [0.1, 0.15) is 0 Å². The van der Waals surface area contributed by atoms with E-state index in [0.717, 1.165) is 11.0 Å². The molecule has 1 aromatic heterocycles. The van der Waals surface area contributed by atoms with E-state index in [1.165, 1.54) is 0 Å². The normalized spacial score (nSPS) is 11.2. The van der Waals surface area contributed by atoms with Gasteiger partial charge in [0, 0.05) is 27.2 Å². The van der Waals surface area contributed by atoms with Crippen LogP contribution >= 0.6 is 24.0 Å². The van der Waals surface area contributed by atoms with Gasteiger partial charge in [-0.25, -0.2) is 4.79 Å². The van der Waals surface area contributed by atoms with Crippen molar-refractivity contribution in [1.82, 2.24) is 20.2 Å². The van der Waals surface area contributed by atoms with Gasteiger partial charge in [0.15, 0.2) is 5.96 Å². The van der Waals surface area contributed by atoms with Crippen LogP contribution in [-0.2, 0) is 6.54 Å². The van der Waals surface area contributed by atoms with Crippen molar-refractivity contribution in [3.05, 3.63) is 34.7 Å². The second-order valence-corrected chi connectivity index (χ2v) is 3.85. The Kier molecular flexibility index (Phi) is 5.87. The van der Waals surface area contributed by atoms with Crippen molar-refractivity contribution < 1.29 is 0 Å². The Labute approximate surface area is 128 Å². The van der Waals surface area contributed by atoms with E-state index in [2.05, 4.69) is 20.6 Å². The van der Waals surface area contributed by atoms with E-state index in [4.69, 9.17) is 0 Å². The maximum Gasteiger partial charge on any atom is 0.326 e. The van der Waals surface area contributed by atoms with E-state index in [1.807, 2.05) is 24.3 Å². The molecule has 0 atom stereocenters. The van der Waals surface area contributed by atoms with Gasteiger partial charge in [0.25, 0.3) is 0 Å². The Morgan fingerprint density at radius 1 is 1.42 bits per heavy atom. The van der Waals surface area contributed by atoms with Crippen molar-refractivity contribution in [2.24, 2.45) is 4.99 Å². The number of imidazole rings is 1. The lowest BCUT2D eigenvalue weighted by molar-refractivity contribution is 0.663. The molecule has 1 heterocycles. The SMILES string of the molecule is CN=C(NC)NCCn1c(=O)[nH]c2ccccc21.I. The molecule has 19 heavy (non-hydrogen) atoms. The number of nitrogens with zero attached hydrogens (tertiary/aromatic N) is 2. The minimum atomic E-state index is -0.0857. The van der Waals surface area contributed by atoms with Crippen LogP contribution in [0.2, 0.25) is 0 Å². The summed E-state index contributed by atoms with van der Waals surface area (Å²) < 4.78 is 1.71. The van der Waals surface area contributed by atoms with Gasteiger partial charge in [-0.15, -0.1) is 24.0 Å². The van der Waals surface area contributed by atoms with Gasteiger partial charge in [-0.2, -0.15) is 0 Å². The molecular weight excluding hydrogens is 357 g/mol. The monoisotopic (exact) mass is 375 g/mol. The number of aromatic amines is 1. The molecule has 0 fully saturated rings. The maximum absolute atomic E-state index is 11.8. The number of hydrogen-bond donors (Lipinski definition) is 3. The fourth-order valence-corrected chi connectivity index (χ4v) is 1.89. The number of aromatic nitrogens is 2. The predicted octanol–water partition coefficient (Wildman–Crippen LogP) is 0.742. The topological polar surface area (TPSA) is 74.2 Å². The number of guanidine groups is 1. The Morgan fingerprint density at radius 2 is 2.16 bits per heavy atom. The summed E-state index contributed by atoms with van der Waals surface area (Å²) in [6.45, 7) is 1.22. The summed E-state index contributed by atoms with van der Waals surface area (Å²) in [6, 6.07) is 7.66. The molecule has 3 N–H and O–H groups in total. The molecule has 7 heteroatoms. The first-order valence-electron chi connectivity index (χ1n) is 5.82. The molecule has 2 aromatic rings. The fraction of sp³-hybridized carbons (Fsp3) is 0.333. The van der Waals surface area contributed by atoms with Gasteiger partial charge in [-0.05, 0) is 12.1 Å². The highest BCUT2D eigenvalue weighted by Crippen LogP contribution is 2.07. The molecule has 0 aliphatic carbocycles. The van der Waals surface area contributed by atoms with Crippen LogP contribution < -0.4 is 16.3 Å². The predicted molar refractivity (Wildman–Crippen MR) is 88.4 cm³/mol. The first kappa shape index (κ1) is 15.5. The molecule has 0 unspecified atom stereocenters. The van der Waals surface area contributed by atoms with E-state index in [0.29, 0.717) is 19.0 Å². The zero-order valence-corrected chi connectivity index (χ0v) is 13.3. The van der Waals surface area contributed by atoms with Crippen LogP contribution in [0.15, 0.2) is 34.1 Å². The van der Waals surface area contributed by atoms with E-state index >= 15 is 0 Å². The standard InChI is InChI=1S/C12H17N5O.HI/c1-13-11(14-2)15-7-8-17-10-6-4-3-5-9(10)16-12(17)18;/h3-6H,7-8H2,1-2H3,(H,16,18)(H2,13,14,15);1H. The molecule has 1 aromatic carbocycles. The molecule has 2 rings (SSSR count). The van der Waals surface area contributed by atoms with Crippen LogP contribution in [0.1, 0.15) is 0 Å². The zero-order chi connectivity index (χ0) is 13.0. The molecule has 0 spiro atoms. The number of fused-ring (bicyclic) bond motifs is 1. The summed E-state index contributed by atoms with van der Waals surface area (Å²) in [4.78, 5) is 18.6. The minimum Gasteiger partial charge on any atom is -0.359 e. The number of H-pyrrole nitrogens is 1. The van der Waals surface area contributed by atoms with Crippen LogP contribution in [0.5, 0.6) is 0 Å². The van der Waals surface area contributed by atoms with Crippen molar-refractivity contribution in [3.8, 4) is 0 Å². The van der Waals surface area contributed by atoms with Gasteiger partial charge in [0.05, 0.1) is 11.0 Å². The minimum absolute atomic E-state index is 0. The Balaban J connectivity index is 0.00000180. The smallest absolute Gasteiger partial charge is 0.326 e. The average molecular weight is 375 g/mol. The second-order valence-electron chi connectivity index (χ2n) is 3.85. The average Bonchev–Trinajstić information content (AvgIpc) is 2.71. The van der Waals surface area contributed by atoms with Crippen LogP contribution in [-0.4, -0.2) is 36.2 Å². The molecule has 0 radical (unpaired) electrons. The highest BCUT2D eigenvalue weighted by atomic mass is 127. The third-order valence-corrected chi connectivity index (χ3v) is 2.77. The quantitative estimate of drug-likeness (QED) is 0.421. The third-order valence-electron chi connectivity index (χ3n) is 2.77. The summed E-state index contributed by atoms with van der Waals surface area (Å²) in [6.07, 6.45) is 0. The van der Waals surface area contributed by atoms with Crippen LogP contribution in [0, 0.1) is 0 Å². The number of rotatable bonds is 3. The highest BCUT2D eigenvalue weighted by Gasteiger charge is 2.05. The number of halogens is 1. The molecule has 0 saturated carbocycles. The molecule has 104 valence electrons. The molecular formula is C12H18IN5O. The van der Waals surface area contributed by atoms with Crippen molar-refractivity contribution in [3.63, 3.8) is 0 Å². The van der Waals surface area contributed by atoms with E-state index < -0.39 is 0 Å². The van der Waals surface area contributed by atoms with Gasteiger partial charge < -0.3 is 15.6 Å². The van der Waals surface area contributed by atoms with Crippen LogP contribution in [0.3, 0.4) is 0 Å². The Hall–Kier alpha value is -1.51. The Bertz CT molecular complexity index is 616. The number of nitrogens with one attached hydrogen (secondary N) is 3. The molecule has 0 amide bonds. The van der Waals surface area contributed by atoms with E-state index in [-0.39, 0.29) is 29.7 Å². The molecule has 0 aliphatic rings. The van der Waals surface area contributed by atoms with Crippen LogP contribution in [0.4, 0.5) is 0 Å². The summed E-state index contributed by atoms with van der Waals surface area (Å²) in [5, 5.41) is 6.04. The van der Waals surface area contributed by atoms with E-state index in [1.54, 1.807) is 18.7 Å². The lowest BCUT2D eigenvalue weighted by Crippen LogP contribution is -2.37. The molecule has 0 bridgehead atoms. The highest BCUT2D eigenvalue weighted by molar-refractivity contribution is 14.0. The second kappa shape index (κ2) is 7.17. The largest absolute Gasteiger partial charge is 0.359 e. The molecule has 0 aliphatic heterocycles. The van der Waals surface area contributed by atoms with Gasteiger partial charge in [0.2, 0.25) is 0 Å². The summed E-state index contributed by atoms with van der Waals surface area (Å²) in [5.41, 5.74) is 1.70. The summed E-state index contributed by atoms with van der Waals surface area (Å²) >= 11 is 0. The maximum atomic E-state index is 11.8. The van der Waals surface area contributed by atoms with Gasteiger partial charge in [-0.1, -0.05) is 12.1 Å². The van der Waals surface area contributed by atoms with Crippen molar-refractivity contribution in [2.45, 2.75) is 6.54 Å². The third kappa shape index (κ3) is 3.49. The number of hydrogen-bond acceptors (Lipinski definition) is 2.